The minimum absolute atomic E-state index is 0.0770. The zero-order chi connectivity index (χ0) is 18.4. The summed E-state index contributed by atoms with van der Waals surface area (Å²) < 4.78 is 17.5. The monoisotopic (exact) mass is 349 g/mol. The van der Waals surface area contributed by atoms with Gasteiger partial charge in [0, 0.05) is 19.6 Å². The van der Waals surface area contributed by atoms with Crippen molar-refractivity contribution in [2.75, 3.05) is 39.5 Å². The SMILES string of the molecule is Cc1ccc(C(C)(C)C)c(OCCOCCN2C[C@H](C)O[C@@H](C)C2)c1. The molecule has 1 aromatic carbocycles. The van der Waals surface area contributed by atoms with E-state index in [9.17, 15) is 0 Å². The molecule has 0 N–H and O–H groups in total. The molecule has 0 aromatic heterocycles. The molecule has 4 nitrogen and oxygen atoms in total. The number of morpholine rings is 1. The first kappa shape index (κ1) is 20.2. The van der Waals surface area contributed by atoms with E-state index >= 15 is 0 Å². The van der Waals surface area contributed by atoms with Crippen molar-refractivity contribution in [1.82, 2.24) is 4.90 Å². The van der Waals surface area contributed by atoms with Crippen LogP contribution in [0.15, 0.2) is 18.2 Å². The molecular weight excluding hydrogens is 314 g/mol. The molecule has 1 aromatic rings. The smallest absolute Gasteiger partial charge is 0.123 e. The van der Waals surface area contributed by atoms with Crippen LogP contribution in [0.1, 0.15) is 45.7 Å². The summed E-state index contributed by atoms with van der Waals surface area (Å²) >= 11 is 0. The second kappa shape index (κ2) is 9.02. The summed E-state index contributed by atoms with van der Waals surface area (Å²) in [6.45, 7) is 17.9. The predicted octanol–water partition coefficient (Wildman–Crippen LogP) is 3.80. The van der Waals surface area contributed by atoms with Crippen LogP contribution < -0.4 is 4.74 Å². The third-order valence-corrected chi connectivity index (χ3v) is 4.48. The average Bonchev–Trinajstić information content (AvgIpc) is 2.48. The van der Waals surface area contributed by atoms with Crippen molar-refractivity contribution in [3.8, 4) is 5.75 Å². The molecule has 1 heterocycles. The first-order valence-corrected chi connectivity index (χ1v) is 9.45. The van der Waals surface area contributed by atoms with E-state index in [1.807, 2.05) is 0 Å². The molecule has 1 aliphatic rings. The van der Waals surface area contributed by atoms with Crippen LogP contribution in [0.3, 0.4) is 0 Å². The third kappa shape index (κ3) is 6.61. The summed E-state index contributed by atoms with van der Waals surface area (Å²) in [4.78, 5) is 2.41. The van der Waals surface area contributed by atoms with E-state index < -0.39 is 0 Å². The molecule has 0 saturated carbocycles. The maximum atomic E-state index is 6.01. The summed E-state index contributed by atoms with van der Waals surface area (Å²) in [5.41, 5.74) is 2.54. The molecule has 25 heavy (non-hydrogen) atoms. The van der Waals surface area contributed by atoms with Gasteiger partial charge in [-0.25, -0.2) is 0 Å². The van der Waals surface area contributed by atoms with Gasteiger partial charge in [-0.2, -0.15) is 0 Å². The lowest BCUT2D eigenvalue weighted by molar-refractivity contribution is -0.0734. The molecule has 142 valence electrons. The Balaban J connectivity index is 1.70. The Bertz CT molecular complexity index is 528. The topological polar surface area (TPSA) is 30.9 Å². The molecule has 4 heteroatoms. The molecule has 1 fully saturated rings. The van der Waals surface area contributed by atoms with E-state index in [1.165, 1.54) is 11.1 Å². The van der Waals surface area contributed by atoms with Gasteiger partial charge in [-0.05, 0) is 43.4 Å². The van der Waals surface area contributed by atoms with Crippen molar-refractivity contribution >= 4 is 0 Å². The minimum Gasteiger partial charge on any atom is -0.491 e. The number of ether oxygens (including phenoxy) is 3. The standard InChI is InChI=1S/C21H35NO3/c1-16-7-8-19(21(4,5)6)20(13-16)24-12-11-23-10-9-22-14-17(2)25-18(3)15-22/h7-8,13,17-18H,9-12,14-15H2,1-6H3/t17-,18-/m0/s1. The van der Waals surface area contributed by atoms with Crippen LogP contribution in [0.25, 0.3) is 0 Å². The maximum Gasteiger partial charge on any atom is 0.123 e. The van der Waals surface area contributed by atoms with Gasteiger partial charge in [-0.15, -0.1) is 0 Å². The number of rotatable bonds is 7. The molecule has 0 bridgehead atoms. The Hall–Kier alpha value is -1.10. The fourth-order valence-electron chi connectivity index (χ4n) is 3.34. The first-order chi connectivity index (χ1) is 11.8. The number of hydrogen-bond donors (Lipinski definition) is 0. The second-order valence-electron chi connectivity index (χ2n) is 8.23. The molecular formula is C21H35NO3. The zero-order valence-corrected chi connectivity index (χ0v) is 16.8. The van der Waals surface area contributed by atoms with Crippen LogP contribution in [-0.2, 0) is 14.9 Å². The Morgan fingerprint density at radius 3 is 2.40 bits per heavy atom. The number of hydrogen-bond acceptors (Lipinski definition) is 4. The highest BCUT2D eigenvalue weighted by Gasteiger charge is 2.21. The quantitative estimate of drug-likeness (QED) is 0.701. The highest BCUT2D eigenvalue weighted by atomic mass is 16.5. The van der Waals surface area contributed by atoms with E-state index in [0.717, 1.165) is 32.0 Å². The van der Waals surface area contributed by atoms with Crippen molar-refractivity contribution in [3.63, 3.8) is 0 Å². The summed E-state index contributed by atoms with van der Waals surface area (Å²) in [5.74, 6) is 0.979. The lowest BCUT2D eigenvalue weighted by Gasteiger charge is -2.35. The Morgan fingerprint density at radius 2 is 1.76 bits per heavy atom. The van der Waals surface area contributed by atoms with E-state index in [2.05, 4.69) is 64.6 Å². The fraction of sp³-hybridized carbons (Fsp3) is 0.714. The summed E-state index contributed by atoms with van der Waals surface area (Å²) in [7, 11) is 0. The Kier molecular flexibility index (Phi) is 7.29. The molecule has 0 aliphatic carbocycles. The summed E-state index contributed by atoms with van der Waals surface area (Å²) in [6.07, 6.45) is 0.619. The Morgan fingerprint density at radius 1 is 1.08 bits per heavy atom. The van der Waals surface area contributed by atoms with Crippen LogP contribution in [0.5, 0.6) is 5.75 Å². The fourth-order valence-corrected chi connectivity index (χ4v) is 3.34. The molecule has 2 rings (SSSR count). The van der Waals surface area contributed by atoms with Gasteiger partial charge in [0.05, 0.1) is 25.4 Å². The second-order valence-corrected chi connectivity index (χ2v) is 8.23. The van der Waals surface area contributed by atoms with Crippen LogP contribution in [0, 0.1) is 6.92 Å². The van der Waals surface area contributed by atoms with Crippen LogP contribution in [-0.4, -0.2) is 56.6 Å². The van der Waals surface area contributed by atoms with Gasteiger partial charge in [-0.3, -0.25) is 4.90 Å². The van der Waals surface area contributed by atoms with Gasteiger partial charge in [0.2, 0.25) is 0 Å². The summed E-state index contributed by atoms with van der Waals surface area (Å²) in [5, 5.41) is 0. The Labute approximate surface area is 153 Å². The largest absolute Gasteiger partial charge is 0.491 e. The van der Waals surface area contributed by atoms with Crippen molar-refractivity contribution in [1.29, 1.82) is 0 Å². The van der Waals surface area contributed by atoms with Gasteiger partial charge in [-0.1, -0.05) is 32.9 Å². The highest BCUT2D eigenvalue weighted by molar-refractivity contribution is 5.41. The van der Waals surface area contributed by atoms with Crippen molar-refractivity contribution in [2.45, 2.75) is 59.2 Å². The van der Waals surface area contributed by atoms with E-state index in [4.69, 9.17) is 14.2 Å². The molecule has 2 atom stereocenters. The number of nitrogens with zero attached hydrogens (tertiary/aromatic N) is 1. The van der Waals surface area contributed by atoms with Crippen molar-refractivity contribution < 1.29 is 14.2 Å². The number of benzene rings is 1. The van der Waals surface area contributed by atoms with Crippen molar-refractivity contribution in [3.05, 3.63) is 29.3 Å². The minimum atomic E-state index is 0.0770. The van der Waals surface area contributed by atoms with Gasteiger partial charge < -0.3 is 14.2 Å². The van der Waals surface area contributed by atoms with Gasteiger partial charge in [0.15, 0.2) is 0 Å². The maximum absolute atomic E-state index is 6.01. The van der Waals surface area contributed by atoms with Crippen LogP contribution in [0.2, 0.25) is 0 Å². The molecule has 0 amide bonds. The highest BCUT2D eigenvalue weighted by Crippen LogP contribution is 2.32. The van der Waals surface area contributed by atoms with Gasteiger partial charge in [0.25, 0.3) is 0 Å². The predicted molar refractivity (Wildman–Crippen MR) is 103 cm³/mol. The molecule has 0 unspecified atom stereocenters. The summed E-state index contributed by atoms with van der Waals surface area (Å²) in [6, 6.07) is 6.44. The van der Waals surface area contributed by atoms with Crippen LogP contribution >= 0.6 is 0 Å². The van der Waals surface area contributed by atoms with Crippen LogP contribution in [0.4, 0.5) is 0 Å². The van der Waals surface area contributed by atoms with E-state index in [0.29, 0.717) is 25.4 Å². The molecule has 1 saturated heterocycles. The molecule has 0 spiro atoms. The first-order valence-electron chi connectivity index (χ1n) is 9.45. The molecule has 1 aliphatic heterocycles. The lowest BCUT2D eigenvalue weighted by Crippen LogP contribution is -2.46. The zero-order valence-electron chi connectivity index (χ0n) is 16.8. The van der Waals surface area contributed by atoms with Gasteiger partial charge >= 0.3 is 0 Å². The third-order valence-electron chi connectivity index (χ3n) is 4.48. The van der Waals surface area contributed by atoms with E-state index in [-0.39, 0.29) is 5.41 Å². The number of aryl methyl sites for hydroxylation is 1. The van der Waals surface area contributed by atoms with E-state index in [1.54, 1.807) is 0 Å². The molecule has 0 radical (unpaired) electrons. The average molecular weight is 350 g/mol. The van der Waals surface area contributed by atoms with Crippen molar-refractivity contribution in [2.24, 2.45) is 0 Å². The van der Waals surface area contributed by atoms with Gasteiger partial charge in [0.1, 0.15) is 12.4 Å². The normalized spacial score (nSPS) is 22.2. The lowest BCUT2D eigenvalue weighted by atomic mass is 9.86.